The van der Waals surface area contributed by atoms with Crippen molar-refractivity contribution >= 4 is 22.5 Å². The van der Waals surface area contributed by atoms with Gasteiger partial charge in [0, 0.05) is 17.1 Å². The van der Waals surface area contributed by atoms with Gasteiger partial charge in [0.05, 0.1) is 35.2 Å². The Morgan fingerprint density at radius 1 is 1.16 bits per heavy atom. The van der Waals surface area contributed by atoms with Crippen LogP contribution >= 0.6 is 0 Å². The van der Waals surface area contributed by atoms with Crippen molar-refractivity contribution in [1.82, 2.24) is 4.57 Å². The maximum absolute atomic E-state index is 15.3. The lowest BCUT2D eigenvalue weighted by Gasteiger charge is -2.29. The van der Waals surface area contributed by atoms with Crippen molar-refractivity contribution in [1.29, 1.82) is 0 Å². The minimum absolute atomic E-state index is 0.0630. The van der Waals surface area contributed by atoms with Crippen molar-refractivity contribution in [2.24, 2.45) is 0 Å². The zero-order chi connectivity index (χ0) is 26.9. The largest absolute Gasteiger partial charge is 0.586 e. The molecule has 5 rings (SSSR count). The van der Waals surface area contributed by atoms with Crippen LogP contribution in [0.3, 0.4) is 0 Å². The molecule has 2 atom stereocenters. The smallest absolute Gasteiger partial charge is 0.395 e. The predicted molar refractivity (Wildman–Crippen MR) is 127 cm³/mol. The Kier molecular flexibility index (Phi) is 5.74. The van der Waals surface area contributed by atoms with Gasteiger partial charge in [-0.15, -0.1) is 8.78 Å². The lowest BCUT2D eigenvalue weighted by atomic mass is 9.83. The fourth-order valence-electron chi connectivity index (χ4n) is 4.68. The molecule has 1 aromatic heterocycles. The number of halogens is 3. The molecule has 37 heavy (non-hydrogen) atoms. The number of nitrogens with zero attached hydrogens (tertiary/aromatic N) is 1. The Morgan fingerprint density at radius 2 is 1.86 bits per heavy atom. The average molecular weight is 521 g/mol. The van der Waals surface area contributed by atoms with Crippen molar-refractivity contribution in [2.45, 2.75) is 63.8 Å². The highest BCUT2D eigenvalue weighted by Gasteiger charge is 2.44. The molecule has 11 heteroatoms. The Bertz CT molecular complexity index is 1400. The number of benzene rings is 2. The number of aliphatic hydroxyl groups is 2. The zero-order valence-electron chi connectivity index (χ0n) is 20.6. The van der Waals surface area contributed by atoms with E-state index in [-0.39, 0.29) is 30.3 Å². The SMILES string of the molecule is CC(C)(C(=O)Nc1cc2cc3n(c2cc1F)C[C@H](CO)OC(O)C3(C)C)c1ccc2c(c1)OC(F)(F)O2. The molecule has 1 amide bonds. The Balaban J connectivity index is 1.47. The summed E-state index contributed by atoms with van der Waals surface area (Å²) in [5.74, 6) is -1.59. The summed E-state index contributed by atoms with van der Waals surface area (Å²) in [6.07, 6.45) is -5.66. The van der Waals surface area contributed by atoms with Gasteiger partial charge >= 0.3 is 6.29 Å². The van der Waals surface area contributed by atoms with Crippen molar-refractivity contribution in [3.63, 3.8) is 0 Å². The Labute approximate surface area is 210 Å². The molecular weight excluding hydrogens is 493 g/mol. The molecule has 0 fully saturated rings. The maximum Gasteiger partial charge on any atom is 0.586 e. The lowest BCUT2D eigenvalue weighted by Crippen LogP contribution is -2.37. The second-order valence-electron chi connectivity index (χ2n) is 10.5. The number of carbonyl (C=O) groups excluding carboxylic acids is 1. The molecule has 2 aromatic carbocycles. The van der Waals surface area contributed by atoms with Crippen LogP contribution in [0.25, 0.3) is 10.9 Å². The molecule has 0 spiro atoms. The van der Waals surface area contributed by atoms with Crippen LogP contribution in [0.4, 0.5) is 18.9 Å². The summed E-state index contributed by atoms with van der Waals surface area (Å²) in [6.45, 7) is 6.60. The summed E-state index contributed by atoms with van der Waals surface area (Å²) in [6, 6.07) is 8.64. The molecule has 2 aliphatic heterocycles. The van der Waals surface area contributed by atoms with Crippen LogP contribution in [0.5, 0.6) is 11.5 Å². The highest BCUT2D eigenvalue weighted by atomic mass is 19.3. The van der Waals surface area contributed by atoms with Crippen LogP contribution in [-0.2, 0) is 26.9 Å². The first-order chi connectivity index (χ1) is 17.2. The normalized spacial score (nSPS) is 22.0. The minimum Gasteiger partial charge on any atom is -0.395 e. The second kappa shape index (κ2) is 8.37. The molecule has 3 heterocycles. The average Bonchev–Trinajstić information content (AvgIpc) is 3.30. The number of aliphatic hydroxyl groups excluding tert-OH is 2. The Hall–Kier alpha value is -3.28. The van der Waals surface area contributed by atoms with Crippen molar-refractivity contribution in [2.75, 3.05) is 11.9 Å². The lowest BCUT2D eigenvalue weighted by molar-refractivity contribution is -0.286. The number of anilines is 1. The van der Waals surface area contributed by atoms with E-state index in [1.807, 2.05) is 0 Å². The van der Waals surface area contributed by atoms with Gasteiger partial charge in [0.2, 0.25) is 5.91 Å². The molecule has 0 aliphatic carbocycles. The van der Waals surface area contributed by atoms with Gasteiger partial charge in [-0.3, -0.25) is 4.79 Å². The van der Waals surface area contributed by atoms with Crippen LogP contribution in [0.2, 0.25) is 0 Å². The van der Waals surface area contributed by atoms with Crippen LogP contribution in [0, 0.1) is 5.82 Å². The molecule has 3 N–H and O–H groups in total. The number of hydrogen-bond acceptors (Lipinski definition) is 6. The molecule has 0 saturated carbocycles. The third-order valence-corrected chi connectivity index (χ3v) is 7.12. The first kappa shape index (κ1) is 25.4. The van der Waals surface area contributed by atoms with E-state index in [1.54, 1.807) is 38.3 Å². The summed E-state index contributed by atoms with van der Waals surface area (Å²) >= 11 is 0. The number of fused-ring (bicyclic) bond motifs is 4. The highest BCUT2D eigenvalue weighted by molar-refractivity contribution is 6.00. The van der Waals surface area contributed by atoms with E-state index >= 15 is 4.39 Å². The first-order valence-corrected chi connectivity index (χ1v) is 11.7. The zero-order valence-corrected chi connectivity index (χ0v) is 20.6. The molecule has 2 aliphatic rings. The van der Waals surface area contributed by atoms with Gasteiger partial charge in [-0.05, 0) is 57.5 Å². The summed E-state index contributed by atoms with van der Waals surface area (Å²) in [5.41, 5.74) is -0.592. The topological polar surface area (TPSA) is 102 Å². The van der Waals surface area contributed by atoms with Gasteiger partial charge in [-0.25, -0.2) is 4.39 Å². The monoisotopic (exact) mass is 520 g/mol. The van der Waals surface area contributed by atoms with E-state index in [1.165, 1.54) is 30.3 Å². The van der Waals surface area contributed by atoms with Gasteiger partial charge in [0.1, 0.15) is 11.9 Å². The summed E-state index contributed by atoms with van der Waals surface area (Å²) in [5, 5.41) is 23.5. The molecular formula is C26H27F3N2O6. The van der Waals surface area contributed by atoms with Gasteiger partial charge in [-0.2, -0.15) is 0 Å². The molecule has 198 valence electrons. The molecule has 0 bridgehead atoms. The number of nitrogens with one attached hydrogen (secondary N) is 1. The number of carbonyl (C=O) groups is 1. The first-order valence-electron chi connectivity index (χ1n) is 11.7. The summed E-state index contributed by atoms with van der Waals surface area (Å²) in [4.78, 5) is 13.2. The van der Waals surface area contributed by atoms with Gasteiger partial charge in [0.25, 0.3) is 0 Å². The fraction of sp³-hybridized carbons (Fsp3) is 0.423. The minimum atomic E-state index is -3.78. The van der Waals surface area contributed by atoms with Crippen molar-refractivity contribution in [3.8, 4) is 11.5 Å². The highest BCUT2D eigenvalue weighted by Crippen LogP contribution is 2.43. The van der Waals surface area contributed by atoms with Gasteiger partial charge in [-0.1, -0.05) is 6.07 Å². The van der Waals surface area contributed by atoms with Crippen molar-refractivity contribution in [3.05, 3.63) is 53.5 Å². The molecule has 1 unspecified atom stereocenters. The number of aromatic nitrogens is 1. The predicted octanol–water partition coefficient (Wildman–Crippen LogP) is 4.01. The molecule has 8 nitrogen and oxygen atoms in total. The van der Waals surface area contributed by atoms with Crippen LogP contribution < -0.4 is 14.8 Å². The molecule has 3 aromatic rings. The van der Waals surface area contributed by atoms with Crippen LogP contribution in [0.15, 0.2) is 36.4 Å². The van der Waals surface area contributed by atoms with E-state index in [4.69, 9.17) is 4.74 Å². The number of rotatable bonds is 4. The summed E-state index contributed by atoms with van der Waals surface area (Å²) in [7, 11) is 0. The second-order valence-corrected chi connectivity index (χ2v) is 10.5. The molecule has 0 saturated heterocycles. The third-order valence-electron chi connectivity index (χ3n) is 7.12. The van der Waals surface area contributed by atoms with E-state index < -0.39 is 41.2 Å². The Morgan fingerprint density at radius 3 is 2.57 bits per heavy atom. The third kappa shape index (κ3) is 4.20. The summed E-state index contributed by atoms with van der Waals surface area (Å²) < 4.78 is 58.3. The maximum atomic E-state index is 15.3. The van der Waals surface area contributed by atoms with E-state index in [0.29, 0.717) is 22.2 Å². The number of amides is 1. The standard InChI is InChI=1S/C26H27F3N2O6/c1-24(2,14-5-6-19-20(9-14)37-26(28,29)36-19)22(33)30-17-7-13-8-21-25(3,4)23(34)35-15(12-32)11-31(21)18(13)10-16(17)27/h5-10,15,23,32,34H,11-12H2,1-4H3,(H,30,33)/t15-,23?/m1/s1. The van der Waals surface area contributed by atoms with E-state index in [0.717, 1.165) is 0 Å². The van der Waals surface area contributed by atoms with Gasteiger partial charge in [0.15, 0.2) is 17.8 Å². The number of hydrogen-bond donors (Lipinski definition) is 3. The van der Waals surface area contributed by atoms with Crippen LogP contribution in [0.1, 0.15) is 39.0 Å². The number of alkyl halides is 2. The quantitative estimate of drug-likeness (QED) is 0.481. The van der Waals surface area contributed by atoms with Crippen LogP contribution in [-0.4, -0.2) is 46.0 Å². The van der Waals surface area contributed by atoms with E-state index in [9.17, 15) is 23.8 Å². The number of ether oxygens (including phenoxy) is 3. The molecule has 0 radical (unpaired) electrons. The van der Waals surface area contributed by atoms with Crippen molar-refractivity contribution < 1.29 is 42.4 Å². The van der Waals surface area contributed by atoms with E-state index in [2.05, 4.69) is 14.8 Å². The fourth-order valence-corrected chi connectivity index (χ4v) is 4.68. The van der Waals surface area contributed by atoms with Gasteiger partial charge < -0.3 is 34.3 Å².